The highest BCUT2D eigenvalue weighted by Gasteiger charge is 2.47. The molecule has 1 aliphatic carbocycles. The molecule has 0 bridgehead atoms. The largest absolute Gasteiger partial charge is 0.376 e. The van der Waals surface area contributed by atoms with Gasteiger partial charge in [-0.1, -0.05) is 19.3 Å². The minimum atomic E-state index is -0.623. The SMILES string of the molecule is CC1OCCC1(NC1CCCCC1)C(N)=O. The van der Waals surface area contributed by atoms with Crippen LogP contribution in [0.25, 0.3) is 0 Å². The second-order valence-electron chi connectivity index (χ2n) is 5.08. The Kier molecular flexibility index (Phi) is 3.50. The third-order valence-corrected chi connectivity index (χ3v) is 4.06. The molecule has 2 rings (SSSR count). The normalized spacial score (nSPS) is 36.4. The van der Waals surface area contributed by atoms with E-state index in [1.165, 1.54) is 19.3 Å². The van der Waals surface area contributed by atoms with E-state index >= 15 is 0 Å². The van der Waals surface area contributed by atoms with Crippen molar-refractivity contribution in [2.75, 3.05) is 6.61 Å². The molecule has 2 fully saturated rings. The van der Waals surface area contributed by atoms with E-state index in [9.17, 15) is 4.79 Å². The maximum Gasteiger partial charge on any atom is 0.240 e. The van der Waals surface area contributed by atoms with Crippen LogP contribution in [-0.2, 0) is 9.53 Å². The number of rotatable bonds is 3. The van der Waals surface area contributed by atoms with Gasteiger partial charge in [0.2, 0.25) is 5.91 Å². The molecule has 1 amide bonds. The molecule has 1 saturated carbocycles. The van der Waals surface area contributed by atoms with Crippen LogP contribution in [0.3, 0.4) is 0 Å². The molecule has 0 spiro atoms. The second kappa shape index (κ2) is 4.72. The molecule has 1 aliphatic heterocycles. The Morgan fingerprint density at radius 2 is 2.06 bits per heavy atom. The van der Waals surface area contributed by atoms with E-state index in [4.69, 9.17) is 10.5 Å². The first kappa shape index (κ1) is 11.9. The lowest BCUT2D eigenvalue weighted by molar-refractivity contribution is -0.126. The zero-order valence-electron chi connectivity index (χ0n) is 10.00. The monoisotopic (exact) mass is 226 g/mol. The third kappa shape index (κ3) is 2.09. The van der Waals surface area contributed by atoms with Gasteiger partial charge in [0.05, 0.1) is 6.10 Å². The summed E-state index contributed by atoms with van der Waals surface area (Å²) in [5, 5.41) is 3.48. The number of nitrogens with one attached hydrogen (secondary N) is 1. The summed E-state index contributed by atoms with van der Waals surface area (Å²) in [7, 11) is 0. The van der Waals surface area contributed by atoms with Gasteiger partial charge in [-0.3, -0.25) is 10.1 Å². The molecule has 16 heavy (non-hydrogen) atoms. The summed E-state index contributed by atoms with van der Waals surface area (Å²) in [6.07, 6.45) is 6.73. The fourth-order valence-corrected chi connectivity index (χ4v) is 2.94. The topological polar surface area (TPSA) is 64.3 Å². The van der Waals surface area contributed by atoms with Gasteiger partial charge in [0.15, 0.2) is 0 Å². The molecule has 2 unspecified atom stereocenters. The van der Waals surface area contributed by atoms with Gasteiger partial charge in [-0.2, -0.15) is 0 Å². The summed E-state index contributed by atoms with van der Waals surface area (Å²) in [6.45, 7) is 2.57. The molecular weight excluding hydrogens is 204 g/mol. The Labute approximate surface area is 96.9 Å². The number of ether oxygens (including phenoxy) is 1. The van der Waals surface area contributed by atoms with Crippen molar-refractivity contribution < 1.29 is 9.53 Å². The van der Waals surface area contributed by atoms with Crippen LogP contribution in [0.5, 0.6) is 0 Å². The van der Waals surface area contributed by atoms with Crippen LogP contribution >= 0.6 is 0 Å². The molecule has 1 heterocycles. The first-order valence-electron chi connectivity index (χ1n) is 6.34. The predicted molar refractivity (Wildman–Crippen MR) is 62.0 cm³/mol. The maximum absolute atomic E-state index is 11.7. The fourth-order valence-electron chi connectivity index (χ4n) is 2.94. The minimum absolute atomic E-state index is 0.105. The van der Waals surface area contributed by atoms with Gasteiger partial charge in [0.1, 0.15) is 5.54 Å². The molecular formula is C12H22N2O2. The molecule has 0 aromatic heterocycles. The first-order valence-corrected chi connectivity index (χ1v) is 6.34. The van der Waals surface area contributed by atoms with E-state index in [-0.39, 0.29) is 12.0 Å². The maximum atomic E-state index is 11.7. The van der Waals surface area contributed by atoms with Crippen LogP contribution < -0.4 is 11.1 Å². The molecule has 1 saturated heterocycles. The lowest BCUT2D eigenvalue weighted by Gasteiger charge is -2.36. The first-order chi connectivity index (χ1) is 7.65. The number of primary amides is 1. The zero-order chi connectivity index (χ0) is 11.6. The zero-order valence-corrected chi connectivity index (χ0v) is 10.00. The second-order valence-corrected chi connectivity index (χ2v) is 5.08. The standard InChI is InChI=1S/C12H22N2O2/c1-9-12(11(13)15,7-8-16-9)14-10-5-3-2-4-6-10/h9-10,14H,2-8H2,1H3,(H2,13,15). The van der Waals surface area contributed by atoms with Crippen LogP contribution in [0.4, 0.5) is 0 Å². The predicted octanol–water partition coefficient (Wildman–Crippen LogP) is 0.942. The van der Waals surface area contributed by atoms with Crippen molar-refractivity contribution in [2.45, 2.75) is 63.1 Å². The molecule has 92 valence electrons. The van der Waals surface area contributed by atoms with Gasteiger partial charge < -0.3 is 10.5 Å². The van der Waals surface area contributed by atoms with Crippen LogP contribution in [0, 0.1) is 0 Å². The van der Waals surface area contributed by atoms with E-state index < -0.39 is 5.54 Å². The molecule has 3 N–H and O–H groups in total. The average Bonchev–Trinajstić information content (AvgIpc) is 2.63. The Morgan fingerprint density at radius 3 is 2.56 bits per heavy atom. The van der Waals surface area contributed by atoms with Gasteiger partial charge in [-0.25, -0.2) is 0 Å². The Morgan fingerprint density at radius 1 is 1.38 bits per heavy atom. The summed E-state index contributed by atoms with van der Waals surface area (Å²) < 4.78 is 5.51. The summed E-state index contributed by atoms with van der Waals surface area (Å²) in [6, 6.07) is 0.436. The van der Waals surface area contributed by atoms with Crippen molar-refractivity contribution >= 4 is 5.91 Å². The smallest absolute Gasteiger partial charge is 0.240 e. The van der Waals surface area contributed by atoms with E-state index in [0.717, 1.165) is 12.8 Å². The van der Waals surface area contributed by atoms with Crippen LogP contribution in [0.15, 0.2) is 0 Å². The van der Waals surface area contributed by atoms with Gasteiger partial charge in [-0.05, 0) is 19.8 Å². The van der Waals surface area contributed by atoms with E-state index in [1.54, 1.807) is 0 Å². The fraction of sp³-hybridized carbons (Fsp3) is 0.917. The minimum Gasteiger partial charge on any atom is -0.376 e. The van der Waals surface area contributed by atoms with Crippen molar-refractivity contribution in [1.29, 1.82) is 0 Å². The summed E-state index contributed by atoms with van der Waals surface area (Å²) in [5.41, 5.74) is 4.94. The van der Waals surface area contributed by atoms with Crippen LogP contribution in [0.1, 0.15) is 45.4 Å². The Bertz CT molecular complexity index is 264. The quantitative estimate of drug-likeness (QED) is 0.753. The van der Waals surface area contributed by atoms with Gasteiger partial charge in [0, 0.05) is 19.1 Å². The van der Waals surface area contributed by atoms with Crippen molar-refractivity contribution in [3.05, 3.63) is 0 Å². The number of amides is 1. The van der Waals surface area contributed by atoms with Crippen molar-refractivity contribution in [1.82, 2.24) is 5.32 Å². The van der Waals surface area contributed by atoms with E-state index in [0.29, 0.717) is 19.1 Å². The summed E-state index contributed by atoms with van der Waals surface area (Å²) >= 11 is 0. The molecule has 4 heteroatoms. The summed E-state index contributed by atoms with van der Waals surface area (Å²) in [5.74, 6) is -0.261. The van der Waals surface area contributed by atoms with Crippen molar-refractivity contribution in [3.8, 4) is 0 Å². The molecule has 2 atom stereocenters. The Hall–Kier alpha value is -0.610. The lowest BCUT2D eigenvalue weighted by Crippen LogP contribution is -2.62. The van der Waals surface area contributed by atoms with Crippen LogP contribution in [0.2, 0.25) is 0 Å². The molecule has 0 aromatic rings. The number of carbonyl (C=O) groups is 1. The van der Waals surface area contributed by atoms with E-state index in [2.05, 4.69) is 5.32 Å². The van der Waals surface area contributed by atoms with Crippen molar-refractivity contribution in [3.63, 3.8) is 0 Å². The molecule has 0 aromatic carbocycles. The number of carbonyl (C=O) groups excluding carboxylic acids is 1. The molecule has 4 nitrogen and oxygen atoms in total. The van der Waals surface area contributed by atoms with Gasteiger partial charge >= 0.3 is 0 Å². The number of hydrogen-bond donors (Lipinski definition) is 2. The lowest BCUT2D eigenvalue weighted by atomic mass is 9.87. The Balaban J connectivity index is 2.05. The van der Waals surface area contributed by atoms with Gasteiger partial charge in [-0.15, -0.1) is 0 Å². The molecule has 2 aliphatic rings. The van der Waals surface area contributed by atoms with Crippen molar-refractivity contribution in [2.24, 2.45) is 5.73 Å². The highest BCUT2D eigenvalue weighted by Crippen LogP contribution is 2.29. The molecule has 0 radical (unpaired) electrons. The number of nitrogens with two attached hydrogens (primary N) is 1. The summed E-state index contributed by atoms with van der Waals surface area (Å²) in [4.78, 5) is 11.7. The highest BCUT2D eigenvalue weighted by molar-refractivity contribution is 5.85. The van der Waals surface area contributed by atoms with Crippen LogP contribution in [-0.4, -0.2) is 30.2 Å². The van der Waals surface area contributed by atoms with Gasteiger partial charge in [0.25, 0.3) is 0 Å². The third-order valence-electron chi connectivity index (χ3n) is 4.06. The van der Waals surface area contributed by atoms with E-state index in [1.807, 2.05) is 6.92 Å². The number of hydrogen-bond acceptors (Lipinski definition) is 3. The average molecular weight is 226 g/mol. The highest BCUT2D eigenvalue weighted by atomic mass is 16.5.